The molecule has 2 saturated heterocycles. The Kier molecular flexibility index (Phi) is 9.15. The zero-order chi connectivity index (χ0) is 37.1. The summed E-state index contributed by atoms with van der Waals surface area (Å²) in [5, 5.41) is 4.52. The second kappa shape index (κ2) is 13.3. The Morgan fingerprint density at radius 2 is 2.02 bits per heavy atom. The van der Waals surface area contributed by atoms with Crippen molar-refractivity contribution in [3.63, 3.8) is 0 Å². The average Bonchev–Trinajstić information content (AvgIpc) is 3.66. The molecule has 2 aromatic heterocycles. The minimum absolute atomic E-state index is 0.0496. The summed E-state index contributed by atoms with van der Waals surface area (Å²) in [7, 11) is 3.29. The summed E-state index contributed by atoms with van der Waals surface area (Å²) >= 11 is 0. The van der Waals surface area contributed by atoms with Gasteiger partial charge in [-0.3, -0.25) is 14.4 Å². The highest BCUT2D eigenvalue weighted by molar-refractivity contribution is 5.92. The predicted molar refractivity (Wildman–Crippen MR) is 181 cm³/mol. The van der Waals surface area contributed by atoms with Crippen molar-refractivity contribution in [1.82, 2.24) is 29.5 Å². The van der Waals surface area contributed by atoms with E-state index in [1.165, 1.54) is 11.8 Å². The van der Waals surface area contributed by atoms with E-state index in [9.17, 15) is 22.4 Å². The number of carbonyl (C=O) groups is 1. The van der Waals surface area contributed by atoms with Gasteiger partial charge in [-0.15, -0.1) is 5.92 Å². The summed E-state index contributed by atoms with van der Waals surface area (Å²) in [4.78, 5) is 27.6. The number of nitrogen functional groups attached to an aromatic ring is 1. The van der Waals surface area contributed by atoms with E-state index in [0.29, 0.717) is 61.8 Å². The van der Waals surface area contributed by atoms with E-state index in [0.717, 1.165) is 17.3 Å². The minimum atomic E-state index is -4.97. The van der Waals surface area contributed by atoms with Crippen LogP contribution in [0.3, 0.4) is 0 Å². The lowest BCUT2D eigenvalue weighted by Crippen LogP contribution is -2.43. The van der Waals surface area contributed by atoms with Crippen LogP contribution in [0, 0.1) is 17.7 Å². The summed E-state index contributed by atoms with van der Waals surface area (Å²) in [5.74, 6) is 3.81. The lowest BCUT2D eigenvalue weighted by atomic mass is 9.91. The third kappa shape index (κ3) is 6.44. The van der Waals surface area contributed by atoms with Crippen molar-refractivity contribution in [2.75, 3.05) is 51.0 Å². The van der Waals surface area contributed by atoms with Gasteiger partial charge in [0, 0.05) is 69.8 Å². The SMILES string of the molecule is C=C1CN2C[C@@H](F)C[C@@]2(COc2nc3c(c(N4CCCn5nc(C(=O)N(C)C)cc5C4)n2)CO[C@H](c2c(F)c(N)cc(C#CC)c2C(F)(F)F)C3)C1. The highest BCUT2D eigenvalue weighted by atomic mass is 19.4. The summed E-state index contributed by atoms with van der Waals surface area (Å²) in [6, 6.07) is 2.56. The van der Waals surface area contributed by atoms with Crippen LogP contribution in [0.1, 0.15) is 76.4 Å². The third-order valence-electron chi connectivity index (χ3n) is 10.1. The molecule has 0 unspecified atom stereocenters. The first-order valence-corrected chi connectivity index (χ1v) is 17.0. The van der Waals surface area contributed by atoms with E-state index >= 15 is 4.39 Å². The van der Waals surface area contributed by atoms with Gasteiger partial charge < -0.3 is 25.0 Å². The number of hydrogen-bond donors (Lipinski definition) is 1. The number of nitrogens with two attached hydrogens (primary N) is 1. The average molecular weight is 727 g/mol. The molecule has 6 heterocycles. The maximum Gasteiger partial charge on any atom is 0.418 e. The Labute approximate surface area is 297 Å². The summed E-state index contributed by atoms with van der Waals surface area (Å²) < 4.78 is 88.2. The van der Waals surface area contributed by atoms with Crippen LogP contribution in [-0.2, 0) is 37.0 Å². The monoisotopic (exact) mass is 726 g/mol. The van der Waals surface area contributed by atoms with E-state index < -0.39 is 52.2 Å². The van der Waals surface area contributed by atoms with Crippen molar-refractivity contribution in [1.29, 1.82) is 0 Å². The van der Waals surface area contributed by atoms with Gasteiger partial charge in [0.25, 0.3) is 5.91 Å². The number of alkyl halides is 4. The first-order valence-electron chi connectivity index (χ1n) is 17.0. The van der Waals surface area contributed by atoms with Crippen LogP contribution in [0.2, 0.25) is 0 Å². The number of halogens is 5. The molecule has 4 aliphatic rings. The molecule has 16 heteroatoms. The van der Waals surface area contributed by atoms with Crippen molar-refractivity contribution in [2.24, 2.45) is 0 Å². The van der Waals surface area contributed by atoms with E-state index in [2.05, 4.69) is 28.5 Å². The Morgan fingerprint density at radius 1 is 1.23 bits per heavy atom. The number of fused-ring (bicyclic) bond motifs is 3. The molecule has 0 aliphatic carbocycles. The Hall–Kier alpha value is -4.75. The molecule has 3 aromatic rings. The quantitative estimate of drug-likeness (QED) is 0.165. The second-order valence-corrected chi connectivity index (χ2v) is 14.1. The van der Waals surface area contributed by atoms with Crippen LogP contribution < -0.4 is 15.4 Å². The highest BCUT2D eigenvalue weighted by Gasteiger charge is 2.51. The number of aryl methyl sites for hydroxylation is 1. The third-order valence-corrected chi connectivity index (χ3v) is 10.1. The molecule has 4 aliphatic heterocycles. The van der Waals surface area contributed by atoms with Gasteiger partial charge in [-0.2, -0.15) is 28.2 Å². The second-order valence-electron chi connectivity index (χ2n) is 14.1. The lowest BCUT2D eigenvalue weighted by molar-refractivity contribution is -0.140. The largest absolute Gasteiger partial charge is 0.461 e. The van der Waals surface area contributed by atoms with Crippen molar-refractivity contribution in [3.05, 3.63) is 69.4 Å². The molecule has 11 nitrogen and oxygen atoms in total. The number of rotatable bonds is 6. The van der Waals surface area contributed by atoms with Crippen LogP contribution in [0.25, 0.3) is 0 Å². The number of hydrogen-bond acceptors (Lipinski definition) is 9. The molecular weight excluding hydrogens is 687 g/mol. The van der Waals surface area contributed by atoms with Gasteiger partial charge in [0.15, 0.2) is 11.5 Å². The molecule has 1 amide bonds. The molecule has 1 aromatic carbocycles. The van der Waals surface area contributed by atoms with Crippen molar-refractivity contribution in [2.45, 2.75) is 76.3 Å². The van der Waals surface area contributed by atoms with Crippen molar-refractivity contribution in [3.8, 4) is 17.9 Å². The summed E-state index contributed by atoms with van der Waals surface area (Å²) in [6.45, 7) is 7.46. The molecule has 0 saturated carbocycles. The fraction of sp³-hybridized carbons (Fsp3) is 0.500. The van der Waals surface area contributed by atoms with Gasteiger partial charge >= 0.3 is 12.2 Å². The number of amides is 1. The van der Waals surface area contributed by atoms with Crippen LogP contribution in [0.15, 0.2) is 24.3 Å². The van der Waals surface area contributed by atoms with E-state index in [4.69, 9.17) is 20.2 Å². The molecule has 0 bridgehead atoms. The topological polar surface area (TPSA) is 115 Å². The summed E-state index contributed by atoms with van der Waals surface area (Å²) in [5.41, 5.74) is 5.15. The van der Waals surface area contributed by atoms with Crippen LogP contribution >= 0.6 is 0 Å². The van der Waals surface area contributed by atoms with E-state index in [1.807, 2.05) is 9.80 Å². The van der Waals surface area contributed by atoms with Crippen LogP contribution in [-0.4, -0.2) is 87.5 Å². The van der Waals surface area contributed by atoms with Gasteiger partial charge in [-0.05, 0) is 31.9 Å². The standard InChI is InChI=1S/C36H39F5N8O3/c1-5-7-21-10-25(42)31(38)29(30(21)36(39,40)41)28-12-26-24(18-51-28)32(47-8-6-9-49-23(17-47)11-27(45-49)33(50)46(3)4)44-34(43-26)52-19-35-13-20(2)15-48(35)16-22(37)14-35/h10-11,22,28H,2,6,8-9,12-19,42H2,1,3-4H3/t22-,28-,35+/m0/s1. The Morgan fingerprint density at radius 3 is 2.75 bits per heavy atom. The zero-order valence-electron chi connectivity index (χ0n) is 29.1. The molecule has 0 spiro atoms. The number of carbonyl (C=O) groups excluding carboxylic acids is 1. The summed E-state index contributed by atoms with van der Waals surface area (Å²) in [6.07, 6.45) is -6.24. The van der Waals surface area contributed by atoms with Crippen molar-refractivity contribution >= 4 is 17.4 Å². The first-order chi connectivity index (χ1) is 24.7. The Balaban J connectivity index is 1.29. The zero-order valence-corrected chi connectivity index (χ0v) is 29.1. The maximum atomic E-state index is 15.7. The maximum absolute atomic E-state index is 15.7. The minimum Gasteiger partial charge on any atom is -0.461 e. The molecule has 3 atom stereocenters. The first kappa shape index (κ1) is 35.6. The predicted octanol–water partition coefficient (Wildman–Crippen LogP) is 4.83. The lowest BCUT2D eigenvalue weighted by Gasteiger charge is -2.33. The molecule has 52 heavy (non-hydrogen) atoms. The number of nitrogens with zero attached hydrogens (tertiary/aromatic N) is 7. The number of ether oxygens (including phenoxy) is 2. The van der Waals surface area contributed by atoms with E-state index in [1.54, 1.807) is 24.8 Å². The Bertz CT molecular complexity index is 2000. The van der Waals surface area contributed by atoms with Crippen molar-refractivity contribution < 1.29 is 36.2 Å². The number of aromatic nitrogens is 4. The van der Waals surface area contributed by atoms with E-state index in [-0.39, 0.29) is 44.5 Å². The van der Waals surface area contributed by atoms with Gasteiger partial charge in [0.2, 0.25) is 0 Å². The molecule has 276 valence electrons. The van der Waals surface area contributed by atoms with Gasteiger partial charge in [0.05, 0.1) is 47.4 Å². The number of benzene rings is 1. The van der Waals surface area contributed by atoms with Crippen LogP contribution in [0.5, 0.6) is 6.01 Å². The smallest absolute Gasteiger partial charge is 0.418 e. The molecule has 7 rings (SSSR count). The fourth-order valence-electron chi connectivity index (χ4n) is 7.91. The fourth-order valence-corrected chi connectivity index (χ4v) is 7.91. The molecular formula is C36H39F5N8O3. The molecule has 2 fully saturated rings. The molecule has 0 radical (unpaired) electrons. The number of anilines is 2. The van der Waals surface area contributed by atoms with Gasteiger partial charge in [-0.25, -0.2) is 8.78 Å². The molecule has 2 N–H and O–H groups in total. The van der Waals surface area contributed by atoms with Gasteiger partial charge in [0.1, 0.15) is 18.6 Å². The highest BCUT2D eigenvalue weighted by Crippen LogP contribution is 2.45. The van der Waals surface area contributed by atoms with Crippen LogP contribution in [0.4, 0.5) is 33.5 Å². The van der Waals surface area contributed by atoms with Gasteiger partial charge in [-0.1, -0.05) is 18.1 Å². The normalized spacial score (nSPS) is 23.0.